The average molecular weight is 529 g/mol. The van der Waals surface area contributed by atoms with Crippen LogP contribution in [0, 0.1) is 5.82 Å². The zero-order chi connectivity index (χ0) is 20.6. The molecule has 0 aliphatic carbocycles. The Balaban J connectivity index is 0.00000320. The van der Waals surface area contributed by atoms with Crippen LogP contribution in [0.5, 0.6) is 0 Å². The van der Waals surface area contributed by atoms with Gasteiger partial charge >= 0.3 is 0 Å². The molecule has 1 saturated heterocycles. The summed E-state index contributed by atoms with van der Waals surface area (Å²) in [5.41, 5.74) is 1.45. The van der Waals surface area contributed by atoms with E-state index in [9.17, 15) is 4.39 Å². The van der Waals surface area contributed by atoms with Gasteiger partial charge in [-0.1, -0.05) is 12.5 Å². The van der Waals surface area contributed by atoms with Crippen molar-refractivity contribution in [3.05, 3.63) is 53.7 Å². The average Bonchev–Trinajstić information content (AvgIpc) is 3.25. The Kier molecular flexibility index (Phi) is 9.90. The van der Waals surface area contributed by atoms with Crippen molar-refractivity contribution in [2.45, 2.75) is 31.8 Å². The number of piperidine rings is 1. The molecular formula is C22H33FIN5O. The first-order valence-electron chi connectivity index (χ1n) is 10.3. The lowest BCUT2D eigenvalue weighted by Gasteiger charge is -2.33. The minimum atomic E-state index is -0.222. The van der Waals surface area contributed by atoms with Gasteiger partial charge in [0.2, 0.25) is 0 Å². The predicted molar refractivity (Wildman–Crippen MR) is 131 cm³/mol. The Hall–Kier alpha value is -1.81. The van der Waals surface area contributed by atoms with Crippen molar-refractivity contribution in [1.82, 2.24) is 15.5 Å². The normalized spacial score (nSPS) is 15.9. The zero-order valence-electron chi connectivity index (χ0n) is 18.0. The summed E-state index contributed by atoms with van der Waals surface area (Å²) in [4.78, 5) is 8.55. The minimum absolute atomic E-state index is 0. The number of guanidine groups is 1. The van der Waals surface area contributed by atoms with Gasteiger partial charge in [-0.3, -0.25) is 9.89 Å². The minimum Gasteiger partial charge on any atom is -0.468 e. The Bertz CT molecular complexity index is 791. The Morgan fingerprint density at radius 3 is 2.57 bits per heavy atom. The Labute approximate surface area is 195 Å². The van der Waals surface area contributed by atoms with Gasteiger partial charge in [0.25, 0.3) is 0 Å². The van der Waals surface area contributed by atoms with Crippen LogP contribution in [0.1, 0.15) is 36.6 Å². The van der Waals surface area contributed by atoms with Crippen molar-refractivity contribution in [2.24, 2.45) is 4.99 Å². The first-order chi connectivity index (χ1) is 14.1. The lowest BCUT2D eigenvalue weighted by molar-refractivity contribution is 0.146. The van der Waals surface area contributed by atoms with Crippen molar-refractivity contribution in [1.29, 1.82) is 0 Å². The summed E-state index contributed by atoms with van der Waals surface area (Å²) >= 11 is 0. The van der Waals surface area contributed by atoms with Gasteiger partial charge in [0.15, 0.2) is 5.96 Å². The van der Waals surface area contributed by atoms with Crippen molar-refractivity contribution in [2.75, 3.05) is 45.7 Å². The van der Waals surface area contributed by atoms with Gasteiger partial charge in [-0.25, -0.2) is 4.39 Å². The van der Waals surface area contributed by atoms with Crippen LogP contribution in [0.15, 0.2) is 46.0 Å². The number of anilines is 1. The van der Waals surface area contributed by atoms with E-state index in [1.54, 1.807) is 30.3 Å². The molecule has 8 heteroatoms. The zero-order valence-corrected chi connectivity index (χ0v) is 20.4. The summed E-state index contributed by atoms with van der Waals surface area (Å²) in [5, 5.41) is 6.68. The number of aliphatic imine (C=N–C) groups is 1. The predicted octanol–water partition coefficient (Wildman–Crippen LogP) is 3.99. The van der Waals surface area contributed by atoms with Crippen LogP contribution in [0.3, 0.4) is 0 Å². The maximum atomic E-state index is 14.2. The van der Waals surface area contributed by atoms with E-state index in [1.165, 1.54) is 19.3 Å². The number of nitrogens with one attached hydrogen (secondary N) is 2. The highest BCUT2D eigenvalue weighted by atomic mass is 127. The molecular weight excluding hydrogens is 496 g/mol. The van der Waals surface area contributed by atoms with Crippen molar-refractivity contribution >= 4 is 35.6 Å². The summed E-state index contributed by atoms with van der Waals surface area (Å²) in [6.45, 7) is 3.35. The van der Waals surface area contributed by atoms with Gasteiger partial charge in [-0.2, -0.15) is 0 Å². The third kappa shape index (κ3) is 6.60. The second-order valence-electron chi connectivity index (χ2n) is 7.61. The number of hydrogen-bond acceptors (Lipinski definition) is 4. The summed E-state index contributed by atoms with van der Waals surface area (Å²) in [6.07, 6.45) is 5.46. The molecule has 3 rings (SSSR count). The van der Waals surface area contributed by atoms with E-state index >= 15 is 0 Å². The van der Waals surface area contributed by atoms with Crippen LogP contribution in [0.25, 0.3) is 0 Å². The summed E-state index contributed by atoms with van der Waals surface area (Å²) in [7, 11) is 5.41. The van der Waals surface area contributed by atoms with Gasteiger partial charge in [0, 0.05) is 34.2 Å². The van der Waals surface area contributed by atoms with E-state index in [1.807, 2.05) is 32.3 Å². The molecule has 166 valence electrons. The first kappa shape index (κ1) is 24.5. The van der Waals surface area contributed by atoms with Crippen LogP contribution in [0.2, 0.25) is 0 Å². The quantitative estimate of drug-likeness (QED) is 0.323. The van der Waals surface area contributed by atoms with Crippen molar-refractivity contribution in [3.63, 3.8) is 0 Å². The number of nitrogens with zero attached hydrogens (tertiary/aromatic N) is 3. The molecule has 0 amide bonds. The van der Waals surface area contributed by atoms with Gasteiger partial charge in [0.05, 0.1) is 18.0 Å². The second kappa shape index (κ2) is 12.1. The van der Waals surface area contributed by atoms with Crippen LogP contribution in [-0.4, -0.2) is 51.6 Å². The van der Waals surface area contributed by atoms with Crippen LogP contribution in [-0.2, 0) is 6.54 Å². The highest BCUT2D eigenvalue weighted by Crippen LogP contribution is 2.24. The van der Waals surface area contributed by atoms with Gasteiger partial charge in [-0.05, 0) is 55.8 Å². The summed E-state index contributed by atoms with van der Waals surface area (Å²) < 4.78 is 19.9. The molecule has 30 heavy (non-hydrogen) atoms. The molecule has 2 N–H and O–H groups in total. The number of halogens is 2. The highest BCUT2D eigenvalue weighted by molar-refractivity contribution is 14.0. The molecule has 1 aromatic carbocycles. The molecule has 1 fully saturated rings. The number of rotatable bonds is 7. The highest BCUT2D eigenvalue weighted by Gasteiger charge is 2.24. The lowest BCUT2D eigenvalue weighted by atomic mass is 10.1. The third-order valence-electron chi connectivity index (χ3n) is 5.34. The van der Waals surface area contributed by atoms with E-state index in [0.717, 1.165) is 24.4 Å². The fraction of sp³-hybridized carbons (Fsp3) is 0.500. The molecule has 6 nitrogen and oxygen atoms in total. The number of furan rings is 1. The van der Waals surface area contributed by atoms with Crippen molar-refractivity contribution in [3.8, 4) is 0 Å². The largest absolute Gasteiger partial charge is 0.468 e. The smallest absolute Gasteiger partial charge is 0.191 e. The maximum Gasteiger partial charge on any atom is 0.191 e. The molecule has 2 heterocycles. The molecule has 1 aromatic heterocycles. The fourth-order valence-electron chi connectivity index (χ4n) is 3.74. The number of benzene rings is 1. The van der Waals surface area contributed by atoms with E-state index in [4.69, 9.17) is 4.42 Å². The van der Waals surface area contributed by atoms with Crippen LogP contribution < -0.4 is 15.5 Å². The molecule has 0 bridgehead atoms. The lowest BCUT2D eigenvalue weighted by Crippen LogP contribution is -2.44. The monoisotopic (exact) mass is 529 g/mol. The van der Waals surface area contributed by atoms with Crippen molar-refractivity contribution < 1.29 is 8.81 Å². The Morgan fingerprint density at radius 1 is 1.20 bits per heavy atom. The fourth-order valence-corrected chi connectivity index (χ4v) is 3.74. The third-order valence-corrected chi connectivity index (χ3v) is 5.34. The summed E-state index contributed by atoms with van der Waals surface area (Å²) in [6, 6.07) is 9.43. The molecule has 0 radical (unpaired) electrons. The van der Waals surface area contributed by atoms with E-state index in [-0.39, 0.29) is 35.8 Å². The van der Waals surface area contributed by atoms with Gasteiger partial charge in [-0.15, -0.1) is 24.0 Å². The number of hydrogen-bond donors (Lipinski definition) is 2. The maximum absolute atomic E-state index is 14.2. The van der Waals surface area contributed by atoms with Crippen LogP contribution >= 0.6 is 24.0 Å². The van der Waals surface area contributed by atoms with E-state index in [2.05, 4.69) is 20.5 Å². The topological polar surface area (TPSA) is 56.0 Å². The standard InChI is InChI=1S/C22H32FN5O.HI/c1-24-22(25-15-17-9-10-19(27(2)3)18(23)14-17)26-16-20(21-8-7-13-29-21)28-11-5-4-6-12-28;/h7-10,13-14,20H,4-6,11-12,15-16H2,1-3H3,(H2,24,25,26);1H. The molecule has 0 spiro atoms. The summed E-state index contributed by atoms with van der Waals surface area (Å²) in [5.74, 6) is 1.44. The molecule has 2 aromatic rings. The molecule has 1 aliphatic rings. The van der Waals surface area contributed by atoms with E-state index in [0.29, 0.717) is 24.7 Å². The van der Waals surface area contributed by atoms with Crippen LogP contribution in [0.4, 0.5) is 10.1 Å². The Morgan fingerprint density at radius 2 is 1.97 bits per heavy atom. The second-order valence-corrected chi connectivity index (χ2v) is 7.61. The van der Waals surface area contributed by atoms with Gasteiger partial charge < -0.3 is 20.0 Å². The first-order valence-corrected chi connectivity index (χ1v) is 10.3. The molecule has 1 unspecified atom stereocenters. The number of likely N-dealkylation sites (tertiary alicyclic amines) is 1. The molecule has 1 aliphatic heterocycles. The molecule has 0 saturated carbocycles. The van der Waals surface area contributed by atoms with E-state index < -0.39 is 0 Å². The SMILES string of the molecule is CN=C(NCc1ccc(N(C)C)c(F)c1)NCC(c1ccco1)N1CCCCC1.I. The van der Waals surface area contributed by atoms with Gasteiger partial charge in [0.1, 0.15) is 11.6 Å². The molecule has 1 atom stereocenters.